The second kappa shape index (κ2) is 5.98. The van der Waals surface area contributed by atoms with E-state index in [4.69, 9.17) is 11.6 Å². The van der Waals surface area contributed by atoms with Gasteiger partial charge in [0.2, 0.25) is 0 Å². The summed E-state index contributed by atoms with van der Waals surface area (Å²) >= 11 is 8.85. The van der Waals surface area contributed by atoms with Gasteiger partial charge in [-0.05, 0) is 34.1 Å². The summed E-state index contributed by atoms with van der Waals surface area (Å²) < 4.78 is 38.5. The minimum Gasteiger partial charge on any atom is -0.339 e. The van der Waals surface area contributed by atoms with Crippen molar-refractivity contribution < 1.29 is 18.0 Å². The second-order valence-corrected chi connectivity index (χ2v) is 5.07. The average Bonchev–Trinajstić information content (AvgIpc) is 2.40. The first-order valence-corrected chi connectivity index (χ1v) is 6.59. The Hall–Kier alpha value is -1.67. The standard InChI is InChI=1S/C12H6BrClF3N3O/c13-8-2-1-6(12(15,16)17)3-9(8)20-11-7(4-21)10(14)18-5-19-11/h1-5H,(H,18,19,20). The molecule has 1 aromatic heterocycles. The van der Waals surface area contributed by atoms with Crippen molar-refractivity contribution in [1.29, 1.82) is 0 Å². The number of halogens is 5. The van der Waals surface area contributed by atoms with Crippen LogP contribution >= 0.6 is 27.5 Å². The normalized spacial score (nSPS) is 11.3. The Kier molecular flexibility index (Phi) is 4.48. The highest BCUT2D eigenvalue weighted by atomic mass is 79.9. The lowest BCUT2D eigenvalue weighted by Crippen LogP contribution is -2.07. The summed E-state index contributed by atoms with van der Waals surface area (Å²) in [5, 5.41) is 2.54. The molecule has 0 spiro atoms. The van der Waals surface area contributed by atoms with Crippen LogP contribution in [0.3, 0.4) is 0 Å². The van der Waals surface area contributed by atoms with Gasteiger partial charge in [0.05, 0.1) is 16.8 Å². The lowest BCUT2D eigenvalue weighted by molar-refractivity contribution is -0.137. The summed E-state index contributed by atoms with van der Waals surface area (Å²) in [5.74, 6) is 0.0185. The first kappa shape index (κ1) is 15.7. The summed E-state index contributed by atoms with van der Waals surface area (Å²) in [5.41, 5.74) is -0.771. The van der Waals surface area contributed by atoms with E-state index in [1.54, 1.807) is 0 Å². The number of alkyl halides is 3. The number of aldehydes is 1. The zero-order chi connectivity index (χ0) is 15.6. The Morgan fingerprint density at radius 3 is 2.62 bits per heavy atom. The second-order valence-electron chi connectivity index (χ2n) is 3.86. The van der Waals surface area contributed by atoms with E-state index in [2.05, 4.69) is 31.2 Å². The molecule has 0 atom stereocenters. The molecule has 0 aliphatic rings. The van der Waals surface area contributed by atoms with E-state index in [0.717, 1.165) is 18.5 Å². The van der Waals surface area contributed by atoms with Gasteiger partial charge in [0.15, 0.2) is 6.29 Å². The number of rotatable bonds is 3. The van der Waals surface area contributed by atoms with Crippen molar-refractivity contribution >= 4 is 45.3 Å². The zero-order valence-electron chi connectivity index (χ0n) is 10.1. The molecule has 1 heterocycles. The molecule has 1 N–H and O–H groups in total. The molecule has 1 aromatic carbocycles. The Labute approximate surface area is 130 Å². The molecular weight excluding hydrogens is 375 g/mol. The van der Waals surface area contributed by atoms with E-state index >= 15 is 0 Å². The van der Waals surface area contributed by atoms with E-state index in [-0.39, 0.29) is 22.2 Å². The van der Waals surface area contributed by atoms with Crippen LogP contribution in [0.4, 0.5) is 24.7 Å². The maximum atomic E-state index is 12.7. The smallest absolute Gasteiger partial charge is 0.339 e. The van der Waals surface area contributed by atoms with E-state index in [9.17, 15) is 18.0 Å². The Morgan fingerprint density at radius 1 is 1.29 bits per heavy atom. The number of benzene rings is 1. The molecular formula is C12H6BrClF3N3O. The van der Waals surface area contributed by atoms with Gasteiger partial charge < -0.3 is 5.32 Å². The molecule has 0 unspecified atom stereocenters. The van der Waals surface area contributed by atoms with Crippen LogP contribution in [-0.4, -0.2) is 16.3 Å². The fourth-order valence-corrected chi connectivity index (χ4v) is 2.03. The number of hydrogen-bond acceptors (Lipinski definition) is 4. The minimum absolute atomic E-state index is 0.0185. The molecule has 21 heavy (non-hydrogen) atoms. The van der Waals surface area contributed by atoms with Crippen LogP contribution in [0.5, 0.6) is 0 Å². The summed E-state index contributed by atoms with van der Waals surface area (Å²) in [6.07, 6.45) is -2.96. The van der Waals surface area contributed by atoms with Gasteiger partial charge >= 0.3 is 6.18 Å². The fraction of sp³-hybridized carbons (Fsp3) is 0.0833. The van der Waals surface area contributed by atoms with Crippen molar-refractivity contribution in [2.75, 3.05) is 5.32 Å². The van der Waals surface area contributed by atoms with Crippen molar-refractivity contribution in [2.45, 2.75) is 6.18 Å². The van der Waals surface area contributed by atoms with E-state index < -0.39 is 11.7 Å². The van der Waals surface area contributed by atoms with Crippen LogP contribution < -0.4 is 5.32 Å². The largest absolute Gasteiger partial charge is 0.416 e. The Balaban J connectivity index is 2.45. The molecule has 0 amide bonds. The van der Waals surface area contributed by atoms with Gasteiger partial charge in [-0.3, -0.25) is 4.79 Å². The molecule has 0 saturated heterocycles. The van der Waals surface area contributed by atoms with Crippen molar-refractivity contribution in [3.63, 3.8) is 0 Å². The number of hydrogen-bond donors (Lipinski definition) is 1. The minimum atomic E-state index is -4.48. The van der Waals surface area contributed by atoms with Crippen LogP contribution in [0.2, 0.25) is 5.15 Å². The lowest BCUT2D eigenvalue weighted by atomic mass is 10.2. The summed E-state index contributed by atoms with van der Waals surface area (Å²) in [6, 6.07) is 3.08. The fourth-order valence-electron chi connectivity index (χ4n) is 1.50. The Bertz CT molecular complexity index is 694. The quantitative estimate of drug-likeness (QED) is 0.631. The third-order valence-electron chi connectivity index (χ3n) is 2.50. The van der Waals surface area contributed by atoms with Crippen molar-refractivity contribution in [3.05, 3.63) is 45.3 Å². The number of anilines is 2. The van der Waals surface area contributed by atoms with Crippen LogP contribution in [0, 0.1) is 0 Å². The number of carbonyl (C=O) groups is 1. The number of carbonyl (C=O) groups excluding carboxylic acids is 1. The molecule has 4 nitrogen and oxygen atoms in total. The molecule has 2 aromatic rings. The lowest BCUT2D eigenvalue weighted by Gasteiger charge is -2.13. The van der Waals surface area contributed by atoms with E-state index in [1.165, 1.54) is 6.07 Å². The summed E-state index contributed by atoms with van der Waals surface area (Å²) in [6.45, 7) is 0. The number of aromatic nitrogens is 2. The third-order valence-corrected chi connectivity index (χ3v) is 3.49. The van der Waals surface area contributed by atoms with E-state index in [1.807, 2.05) is 0 Å². The van der Waals surface area contributed by atoms with Gasteiger partial charge in [-0.1, -0.05) is 11.6 Å². The van der Waals surface area contributed by atoms with Crippen LogP contribution in [-0.2, 0) is 6.18 Å². The van der Waals surface area contributed by atoms with Crippen molar-refractivity contribution in [1.82, 2.24) is 9.97 Å². The maximum Gasteiger partial charge on any atom is 0.416 e. The van der Waals surface area contributed by atoms with Crippen LogP contribution in [0.15, 0.2) is 29.0 Å². The molecule has 110 valence electrons. The molecule has 0 radical (unpaired) electrons. The topological polar surface area (TPSA) is 54.9 Å². The molecule has 0 aliphatic heterocycles. The van der Waals surface area contributed by atoms with Gasteiger partial charge in [-0.2, -0.15) is 13.2 Å². The predicted molar refractivity (Wildman–Crippen MR) is 74.9 cm³/mol. The zero-order valence-corrected chi connectivity index (χ0v) is 12.4. The SMILES string of the molecule is O=Cc1c(Cl)ncnc1Nc1cc(C(F)(F)F)ccc1Br. The van der Waals surface area contributed by atoms with Crippen LogP contribution in [0.1, 0.15) is 15.9 Å². The molecule has 0 fully saturated rings. The van der Waals surface area contributed by atoms with Gasteiger partial charge in [0.1, 0.15) is 17.3 Å². The van der Waals surface area contributed by atoms with Gasteiger partial charge in [0.25, 0.3) is 0 Å². The highest BCUT2D eigenvalue weighted by molar-refractivity contribution is 9.10. The van der Waals surface area contributed by atoms with Gasteiger partial charge in [-0.15, -0.1) is 0 Å². The molecule has 2 rings (SSSR count). The first-order chi connectivity index (χ1) is 9.82. The monoisotopic (exact) mass is 379 g/mol. The summed E-state index contributed by atoms with van der Waals surface area (Å²) in [7, 11) is 0. The molecule has 9 heteroatoms. The van der Waals surface area contributed by atoms with Crippen molar-refractivity contribution in [2.24, 2.45) is 0 Å². The molecule has 0 aliphatic carbocycles. The van der Waals surface area contributed by atoms with Crippen molar-refractivity contribution in [3.8, 4) is 0 Å². The average molecular weight is 381 g/mol. The molecule has 0 saturated carbocycles. The first-order valence-electron chi connectivity index (χ1n) is 5.42. The Morgan fingerprint density at radius 2 is 2.00 bits per heavy atom. The van der Waals surface area contributed by atoms with Gasteiger partial charge in [0, 0.05) is 4.47 Å². The molecule has 0 bridgehead atoms. The third kappa shape index (κ3) is 3.51. The van der Waals surface area contributed by atoms with E-state index in [0.29, 0.717) is 10.8 Å². The highest BCUT2D eigenvalue weighted by Crippen LogP contribution is 2.35. The number of nitrogens with one attached hydrogen (secondary N) is 1. The summed E-state index contributed by atoms with van der Waals surface area (Å²) in [4.78, 5) is 18.4. The predicted octanol–water partition coefficient (Wildman–Crippen LogP) is 4.47. The van der Waals surface area contributed by atoms with Gasteiger partial charge in [-0.25, -0.2) is 9.97 Å². The highest BCUT2D eigenvalue weighted by Gasteiger charge is 2.31. The number of nitrogens with zero attached hydrogens (tertiary/aromatic N) is 2. The van der Waals surface area contributed by atoms with Crippen LogP contribution in [0.25, 0.3) is 0 Å². The maximum absolute atomic E-state index is 12.7.